The lowest BCUT2D eigenvalue weighted by Gasteiger charge is -1.88. The molecule has 0 amide bonds. The molecule has 0 fully saturated rings. The molecule has 0 aliphatic rings. The van der Waals surface area contributed by atoms with Gasteiger partial charge in [0.2, 0.25) is 5.13 Å². The summed E-state index contributed by atoms with van der Waals surface area (Å²) in [5.41, 5.74) is 0. The first-order chi connectivity index (χ1) is 9.65. The lowest BCUT2D eigenvalue weighted by Crippen LogP contribution is -1.89. The SMILES string of the molecule is O=C(O)c1cnc(N=Nc2sc3ccccc3c2O)s1. The van der Waals surface area contributed by atoms with Crippen molar-refractivity contribution >= 4 is 48.9 Å². The fourth-order valence-electron chi connectivity index (χ4n) is 1.58. The van der Waals surface area contributed by atoms with Crippen LogP contribution in [0.5, 0.6) is 5.75 Å². The van der Waals surface area contributed by atoms with Gasteiger partial charge in [-0.15, -0.1) is 21.6 Å². The number of azo groups is 1. The van der Waals surface area contributed by atoms with Crippen molar-refractivity contribution in [2.24, 2.45) is 10.2 Å². The Balaban J connectivity index is 1.93. The van der Waals surface area contributed by atoms with E-state index < -0.39 is 5.97 Å². The monoisotopic (exact) mass is 305 g/mol. The number of aromatic hydroxyl groups is 1. The first-order valence-electron chi connectivity index (χ1n) is 5.46. The van der Waals surface area contributed by atoms with Crippen LogP contribution < -0.4 is 0 Å². The molecule has 2 heterocycles. The highest BCUT2D eigenvalue weighted by Gasteiger charge is 2.11. The van der Waals surface area contributed by atoms with Crippen LogP contribution in [0.3, 0.4) is 0 Å². The molecule has 8 heteroatoms. The number of aromatic carboxylic acids is 1. The molecule has 6 nitrogen and oxygen atoms in total. The highest BCUT2D eigenvalue weighted by atomic mass is 32.1. The summed E-state index contributed by atoms with van der Waals surface area (Å²) in [6, 6.07) is 7.38. The van der Waals surface area contributed by atoms with Gasteiger partial charge in [-0.05, 0) is 12.1 Å². The van der Waals surface area contributed by atoms with Crippen LogP contribution in [0.1, 0.15) is 9.67 Å². The summed E-state index contributed by atoms with van der Waals surface area (Å²) in [5.74, 6) is -0.974. The van der Waals surface area contributed by atoms with Gasteiger partial charge in [-0.2, -0.15) is 0 Å². The van der Waals surface area contributed by atoms with Crippen LogP contribution >= 0.6 is 22.7 Å². The number of nitrogens with zero attached hydrogens (tertiary/aromatic N) is 3. The van der Waals surface area contributed by atoms with Crippen LogP contribution in [0, 0.1) is 0 Å². The third kappa shape index (κ3) is 2.26. The molecular weight excluding hydrogens is 298 g/mol. The molecule has 0 radical (unpaired) electrons. The molecule has 0 unspecified atom stereocenters. The fourth-order valence-corrected chi connectivity index (χ4v) is 3.08. The van der Waals surface area contributed by atoms with Crippen molar-refractivity contribution in [1.29, 1.82) is 0 Å². The van der Waals surface area contributed by atoms with Crippen LogP contribution in [-0.2, 0) is 0 Å². The molecule has 100 valence electrons. The molecule has 0 atom stereocenters. The molecular formula is C12H7N3O3S2. The van der Waals surface area contributed by atoms with Crippen molar-refractivity contribution in [3.05, 3.63) is 35.3 Å². The molecule has 2 N–H and O–H groups in total. The number of benzene rings is 1. The molecule has 0 spiro atoms. The Morgan fingerprint density at radius 3 is 2.70 bits per heavy atom. The van der Waals surface area contributed by atoms with Crippen molar-refractivity contribution in [2.45, 2.75) is 0 Å². The van der Waals surface area contributed by atoms with E-state index >= 15 is 0 Å². The maximum absolute atomic E-state index is 10.7. The number of thiophene rings is 1. The molecule has 0 bridgehead atoms. The average Bonchev–Trinajstić information content (AvgIpc) is 3.03. The number of rotatable bonds is 3. The van der Waals surface area contributed by atoms with Gasteiger partial charge >= 0.3 is 5.97 Å². The zero-order chi connectivity index (χ0) is 14.1. The van der Waals surface area contributed by atoms with Crippen LogP contribution in [0.2, 0.25) is 0 Å². The first-order valence-corrected chi connectivity index (χ1v) is 7.10. The third-order valence-electron chi connectivity index (χ3n) is 2.48. The number of hydrogen-bond acceptors (Lipinski definition) is 7. The maximum Gasteiger partial charge on any atom is 0.347 e. The first kappa shape index (κ1) is 12.7. The third-order valence-corrected chi connectivity index (χ3v) is 4.40. The van der Waals surface area contributed by atoms with E-state index in [1.54, 1.807) is 6.07 Å². The normalized spacial score (nSPS) is 11.4. The van der Waals surface area contributed by atoms with Gasteiger partial charge in [0, 0.05) is 10.1 Å². The predicted molar refractivity (Wildman–Crippen MR) is 76.7 cm³/mol. The zero-order valence-corrected chi connectivity index (χ0v) is 11.5. The van der Waals surface area contributed by atoms with Crippen LogP contribution in [0.25, 0.3) is 10.1 Å². The van der Waals surface area contributed by atoms with Crippen molar-refractivity contribution in [1.82, 2.24) is 4.98 Å². The molecule has 0 saturated heterocycles. The highest BCUT2D eigenvalue weighted by molar-refractivity contribution is 7.23. The quantitative estimate of drug-likeness (QED) is 0.710. The smallest absolute Gasteiger partial charge is 0.347 e. The van der Waals surface area contributed by atoms with Gasteiger partial charge in [-0.25, -0.2) is 9.78 Å². The van der Waals surface area contributed by atoms with Crippen molar-refractivity contribution < 1.29 is 15.0 Å². The molecule has 2 aromatic heterocycles. The number of carboxylic acid groups (broad SMARTS) is 1. The summed E-state index contributed by atoms with van der Waals surface area (Å²) in [5, 5.41) is 27.9. The lowest BCUT2D eigenvalue weighted by atomic mass is 10.2. The van der Waals surface area contributed by atoms with E-state index in [1.807, 2.05) is 18.2 Å². The second-order valence-electron chi connectivity index (χ2n) is 3.76. The molecule has 3 rings (SSSR count). The number of carboxylic acids is 1. The average molecular weight is 305 g/mol. The second-order valence-corrected chi connectivity index (χ2v) is 5.80. The number of carbonyl (C=O) groups is 1. The summed E-state index contributed by atoms with van der Waals surface area (Å²) in [7, 11) is 0. The van der Waals surface area contributed by atoms with Crippen molar-refractivity contribution in [3.63, 3.8) is 0 Å². The largest absolute Gasteiger partial charge is 0.504 e. The van der Waals surface area contributed by atoms with Gasteiger partial charge in [0.15, 0.2) is 10.8 Å². The van der Waals surface area contributed by atoms with Gasteiger partial charge in [0.25, 0.3) is 0 Å². The second kappa shape index (κ2) is 4.99. The number of aromatic nitrogens is 1. The highest BCUT2D eigenvalue weighted by Crippen LogP contribution is 2.43. The van der Waals surface area contributed by atoms with E-state index in [9.17, 15) is 9.90 Å². The molecule has 0 aliphatic carbocycles. The Hall–Kier alpha value is -2.32. The minimum Gasteiger partial charge on any atom is -0.504 e. The summed E-state index contributed by atoms with van der Waals surface area (Å²) in [6.45, 7) is 0. The zero-order valence-electron chi connectivity index (χ0n) is 9.85. The van der Waals surface area contributed by atoms with Crippen molar-refractivity contribution in [2.75, 3.05) is 0 Å². The standard InChI is InChI=1S/C12H7N3O3S2/c16-9-6-3-1-2-4-7(6)19-10(9)14-15-12-13-5-8(20-12)11(17)18/h1-5,16H,(H,17,18). The van der Waals surface area contributed by atoms with Gasteiger partial charge in [0.1, 0.15) is 4.88 Å². The van der Waals surface area contributed by atoms with Gasteiger partial charge < -0.3 is 10.2 Å². The van der Waals surface area contributed by atoms with E-state index in [2.05, 4.69) is 15.2 Å². The van der Waals surface area contributed by atoms with Crippen LogP contribution in [-0.4, -0.2) is 21.2 Å². The van der Waals surface area contributed by atoms with Crippen molar-refractivity contribution in [3.8, 4) is 5.75 Å². The molecule has 3 aromatic rings. The van der Waals surface area contributed by atoms with E-state index in [0.717, 1.165) is 21.4 Å². The minimum absolute atomic E-state index is 0.0735. The summed E-state index contributed by atoms with van der Waals surface area (Å²) in [6.07, 6.45) is 1.23. The number of hydrogen-bond donors (Lipinski definition) is 2. The van der Waals surface area contributed by atoms with Crippen LogP contribution in [0.4, 0.5) is 10.1 Å². The van der Waals surface area contributed by atoms with E-state index in [-0.39, 0.29) is 15.8 Å². The topological polar surface area (TPSA) is 95.1 Å². The Morgan fingerprint density at radius 1 is 1.20 bits per heavy atom. The molecule has 20 heavy (non-hydrogen) atoms. The van der Waals surface area contributed by atoms with E-state index in [0.29, 0.717) is 5.00 Å². The summed E-state index contributed by atoms with van der Waals surface area (Å²) >= 11 is 2.23. The van der Waals surface area contributed by atoms with Crippen LogP contribution in [0.15, 0.2) is 40.7 Å². The van der Waals surface area contributed by atoms with E-state index in [1.165, 1.54) is 17.5 Å². The summed E-state index contributed by atoms with van der Waals surface area (Å²) < 4.78 is 0.907. The van der Waals surface area contributed by atoms with Gasteiger partial charge in [-0.1, -0.05) is 23.5 Å². The maximum atomic E-state index is 10.7. The summed E-state index contributed by atoms with van der Waals surface area (Å²) in [4.78, 5) is 14.7. The van der Waals surface area contributed by atoms with E-state index in [4.69, 9.17) is 5.11 Å². The number of thiazole rings is 1. The molecule has 0 saturated carbocycles. The van der Waals surface area contributed by atoms with Gasteiger partial charge in [-0.3, -0.25) is 0 Å². The predicted octanol–water partition coefficient (Wildman–Crippen LogP) is 4.18. The van der Waals surface area contributed by atoms with Gasteiger partial charge in [0.05, 0.1) is 6.20 Å². The lowest BCUT2D eigenvalue weighted by molar-refractivity contribution is 0.0702. The Morgan fingerprint density at radius 2 is 2.00 bits per heavy atom. The minimum atomic E-state index is -1.05. The Labute approximate surface area is 120 Å². The molecule has 0 aliphatic heterocycles. The molecule has 1 aromatic carbocycles. The Kier molecular flexibility index (Phi) is 3.17. The fraction of sp³-hybridized carbons (Fsp3) is 0. The Bertz CT molecular complexity index is 822. The number of fused-ring (bicyclic) bond motifs is 1.